The van der Waals surface area contributed by atoms with E-state index in [1.807, 2.05) is 5.32 Å². The van der Waals surface area contributed by atoms with Gasteiger partial charge in [0, 0.05) is 23.1 Å². The molecule has 0 saturated heterocycles. The van der Waals surface area contributed by atoms with Gasteiger partial charge in [0.2, 0.25) is 0 Å². The molecule has 0 bridgehead atoms. The van der Waals surface area contributed by atoms with Crippen LogP contribution in [0.25, 0.3) is 10.9 Å². The van der Waals surface area contributed by atoms with Crippen molar-refractivity contribution in [3.63, 3.8) is 0 Å². The smallest absolute Gasteiger partial charge is 0.416 e. The number of nitrogens with one attached hydrogen (secondary N) is 2. The van der Waals surface area contributed by atoms with Gasteiger partial charge in [0.1, 0.15) is 11.6 Å². The van der Waals surface area contributed by atoms with E-state index in [-0.39, 0.29) is 24.7 Å². The predicted molar refractivity (Wildman–Crippen MR) is 104 cm³/mol. The molecule has 0 spiro atoms. The number of fused-ring (bicyclic) bond motifs is 3. The van der Waals surface area contributed by atoms with Crippen LogP contribution in [0.3, 0.4) is 0 Å². The zero-order valence-electron chi connectivity index (χ0n) is 16.9. The second-order valence-corrected chi connectivity index (χ2v) is 7.47. The first kappa shape index (κ1) is 22.7. The van der Waals surface area contributed by atoms with Crippen LogP contribution in [0.15, 0.2) is 36.4 Å². The van der Waals surface area contributed by atoms with Gasteiger partial charge in [-0.05, 0) is 48.4 Å². The number of benzene rings is 2. The lowest BCUT2D eigenvalue weighted by molar-refractivity contribution is -0.180. The number of amides is 2. The number of methoxy groups -OCH3 is 1. The van der Waals surface area contributed by atoms with Crippen molar-refractivity contribution in [2.24, 2.45) is 0 Å². The van der Waals surface area contributed by atoms with Crippen molar-refractivity contribution in [1.29, 1.82) is 0 Å². The minimum absolute atomic E-state index is 0.0550. The fourth-order valence-electron chi connectivity index (χ4n) is 3.97. The first-order valence-electron chi connectivity index (χ1n) is 9.59. The molecule has 2 heterocycles. The van der Waals surface area contributed by atoms with Crippen molar-refractivity contribution >= 4 is 22.6 Å². The van der Waals surface area contributed by atoms with Gasteiger partial charge in [0.15, 0.2) is 6.04 Å². The van der Waals surface area contributed by atoms with Crippen LogP contribution in [0.4, 0.5) is 41.2 Å². The number of aromatic amines is 1. The minimum Gasteiger partial charge on any atom is -0.497 e. The average molecular weight is 475 g/mol. The zero-order chi connectivity index (χ0) is 24.1. The number of carbonyl (C=O) groups excluding carboxylic acids is 1. The summed E-state index contributed by atoms with van der Waals surface area (Å²) >= 11 is 0. The highest BCUT2D eigenvalue weighted by Crippen LogP contribution is 2.44. The molecule has 176 valence electrons. The van der Waals surface area contributed by atoms with Gasteiger partial charge >= 0.3 is 18.4 Å². The molecule has 12 heteroatoms. The Bertz CT molecular complexity index is 1220. The third-order valence-electron chi connectivity index (χ3n) is 5.38. The fraction of sp³-hybridized carbons (Fsp3) is 0.286. The highest BCUT2D eigenvalue weighted by Gasteiger charge is 2.50. The number of aromatic nitrogens is 1. The molecule has 0 saturated carbocycles. The van der Waals surface area contributed by atoms with Crippen LogP contribution >= 0.6 is 0 Å². The van der Waals surface area contributed by atoms with Gasteiger partial charge in [-0.3, -0.25) is 0 Å². The summed E-state index contributed by atoms with van der Waals surface area (Å²) in [6.45, 7) is -0.366. The van der Waals surface area contributed by atoms with E-state index in [9.17, 15) is 35.5 Å². The van der Waals surface area contributed by atoms with Gasteiger partial charge in [-0.2, -0.15) is 26.3 Å². The van der Waals surface area contributed by atoms with Gasteiger partial charge in [-0.1, -0.05) is 0 Å². The summed E-state index contributed by atoms with van der Waals surface area (Å²) in [7, 11) is 1.42. The minimum atomic E-state index is -4.90. The van der Waals surface area contributed by atoms with Crippen LogP contribution in [0.1, 0.15) is 22.9 Å². The number of alkyl halides is 6. The number of nitrogens with zero attached hydrogens (tertiary/aromatic N) is 1. The van der Waals surface area contributed by atoms with Crippen LogP contribution < -0.4 is 10.1 Å². The quantitative estimate of drug-likeness (QED) is 0.445. The van der Waals surface area contributed by atoms with E-state index in [1.165, 1.54) is 7.11 Å². The Kier molecular flexibility index (Phi) is 5.41. The maximum atomic E-state index is 14.1. The van der Waals surface area contributed by atoms with Crippen LogP contribution in [0, 0.1) is 5.82 Å². The lowest BCUT2D eigenvalue weighted by Crippen LogP contribution is -2.48. The van der Waals surface area contributed by atoms with E-state index < -0.39 is 41.5 Å². The SMILES string of the molecule is COc1ccc2[nH]c3c(c2c1)CCN(C(=O)Nc1cc(F)cc(C(F)(F)F)c1)C3C(F)(F)F. The van der Waals surface area contributed by atoms with Crippen molar-refractivity contribution in [1.82, 2.24) is 9.88 Å². The van der Waals surface area contributed by atoms with E-state index in [1.54, 1.807) is 18.2 Å². The Morgan fingerprint density at radius 3 is 2.48 bits per heavy atom. The molecule has 2 amide bonds. The number of ether oxygens (including phenoxy) is 1. The molecule has 0 aliphatic carbocycles. The number of H-pyrrole nitrogens is 1. The number of hydrogen-bond donors (Lipinski definition) is 2. The molecule has 1 unspecified atom stereocenters. The largest absolute Gasteiger partial charge is 0.497 e. The first-order chi connectivity index (χ1) is 15.4. The van der Waals surface area contributed by atoms with Gasteiger partial charge in [0.05, 0.1) is 18.4 Å². The normalized spacial score (nSPS) is 16.6. The molecular formula is C21H16F7N3O2. The summed E-state index contributed by atoms with van der Waals surface area (Å²) in [5.41, 5.74) is -1.46. The molecule has 2 aromatic carbocycles. The van der Waals surface area contributed by atoms with Crippen molar-refractivity contribution in [2.75, 3.05) is 19.0 Å². The molecule has 2 N–H and O–H groups in total. The van der Waals surface area contributed by atoms with Crippen molar-refractivity contribution in [3.8, 4) is 5.75 Å². The van der Waals surface area contributed by atoms with Crippen LogP contribution in [-0.2, 0) is 12.6 Å². The number of urea groups is 1. The molecule has 5 nitrogen and oxygen atoms in total. The second-order valence-electron chi connectivity index (χ2n) is 7.47. The molecule has 1 aliphatic heterocycles. The third-order valence-corrected chi connectivity index (χ3v) is 5.38. The van der Waals surface area contributed by atoms with Gasteiger partial charge in [0.25, 0.3) is 0 Å². The molecule has 1 aliphatic rings. The number of carbonyl (C=O) groups is 1. The number of rotatable bonds is 2. The third kappa shape index (κ3) is 4.29. The summed E-state index contributed by atoms with van der Waals surface area (Å²) in [6, 6.07) is 2.29. The van der Waals surface area contributed by atoms with E-state index in [0.29, 0.717) is 39.2 Å². The lowest BCUT2D eigenvalue weighted by atomic mass is 9.97. The second kappa shape index (κ2) is 7.85. The Hall–Kier alpha value is -3.44. The van der Waals surface area contributed by atoms with Crippen LogP contribution in [-0.4, -0.2) is 35.7 Å². The standard InChI is InChI=1S/C21H16F7N3O2/c1-33-13-2-3-16-15(9-13)14-4-5-31(18(17(14)30-16)21(26,27)28)19(32)29-12-7-10(20(23,24)25)6-11(22)8-12/h2-3,6-9,18,30H,4-5H2,1H3,(H,29,32). The van der Waals surface area contributed by atoms with E-state index in [2.05, 4.69) is 4.98 Å². The predicted octanol–water partition coefficient (Wildman–Crippen LogP) is 6.03. The topological polar surface area (TPSA) is 57.4 Å². The number of hydrogen-bond acceptors (Lipinski definition) is 2. The molecular weight excluding hydrogens is 459 g/mol. The maximum Gasteiger partial charge on any atom is 0.416 e. The number of halogens is 7. The zero-order valence-corrected chi connectivity index (χ0v) is 16.9. The van der Waals surface area contributed by atoms with E-state index in [0.717, 1.165) is 0 Å². The summed E-state index contributed by atoms with van der Waals surface area (Å²) in [5, 5.41) is 2.48. The van der Waals surface area contributed by atoms with Crippen LogP contribution in [0.2, 0.25) is 0 Å². The highest BCUT2D eigenvalue weighted by atomic mass is 19.4. The van der Waals surface area contributed by atoms with Crippen molar-refractivity contribution < 1.29 is 40.3 Å². The monoisotopic (exact) mass is 475 g/mol. The molecule has 3 aromatic rings. The molecule has 1 aromatic heterocycles. The van der Waals surface area contributed by atoms with Gasteiger partial charge < -0.3 is 19.9 Å². The molecule has 33 heavy (non-hydrogen) atoms. The molecule has 1 atom stereocenters. The van der Waals surface area contributed by atoms with Crippen LogP contribution in [0.5, 0.6) is 5.75 Å². The Labute approximate surface area is 182 Å². The highest BCUT2D eigenvalue weighted by molar-refractivity contribution is 5.91. The summed E-state index contributed by atoms with van der Waals surface area (Å²) in [5.74, 6) is -0.849. The fourth-order valence-corrected chi connectivity index (χ4v) is 3.97. The van der Waals surface area contributed by atoms with Gasteiger partial charge in [-0.15, -0.1) is 0 Å². The molecule has 4 rings (SSSR count). The Balaban J connectivity index is 1.70. The van der Waals surface area contributed by atoms with E-state index in [4.69, 9.17) is 4.74 Å². The Morgan fingerprint density at radius 2 is 1.85 bits per heavy atom. The lowest BCUT2D eigenvalue weighted by Gasteiger charge is -2.36. The summed E-state index contributed by atoms with van der Waals surface area (Å²) in [6.07, 6.45) is -9.74. The van der Waals surface area contributed by atoms with Crippen molar-refractivity contribution in [3.05, 3.63) is 59.0 Å². The summed E-state index contributed by atoms with van der Waals surface area (Å²) in [4.78, 5) is 15.9. The summed E-state index contributed by atoms with van der Waals surface area (Å²) < 4.78 is 99.7. The average Bonchev–Trinajstić information content (AvgIpc) is 3.08. The first-order valence-corrected chi connectivity index (χ1v) is 9.59. The Morgan fingerprint density at radius 1 is 1.12 bits per heavy atom. The van der Waals surface area contributed by atoms with Crippen molar-refractivity contribution in [2.45, 2.75) is 24.8 Å². The molecule has 0 fully saturated rings. The maximum absolute atomic E-state index is 14.1. The number of anilines is 1. The van der Waals surface area contributed by atoms with Gasteiger partial charge in [-0.25, -0.2) is 9.18 Å². The molecule has 0 radical (unpaired) electrons. The van der Waals surface area contributed by atoms with E-state index >= 15 is 0 Å².